The van der Waals surface area contributed by atoms with Gasteiger partial charge in [-0.2, -0.15) is 13.2 Å². The average Bonchev–Trinajstić information content (AvgIpc) is 1.83. The summed E-state index contributed by atoms with van der Waals surface area (Å²) in [6.07, 6.45) is -6.21. The van der Waals surface area contributed by atoms with Crippen LogP contribution in [-0.2, 0) is 4.79 Å². The fraction of sp³-hybridized carbons (Fsp3) is 0.800. The Morgan fingerprint density at radius 3 is 1.73 bits per heavy atom. The fourth-order valence-electron chi connectivity index (χ4n) is 0.514. The van der Waals surface area contributed by atoms with E-state index >= 15 is 0 Å². The van der Waals surface area contributed by atoms with E-state index in [9.17, 15) is 22.4 Å². The van der Waals surface area contributed by atoms with Crippen LogP contribution in [0.25, 0.3) is 0 Å². The molecule has 1 atom stereocenters. The molecule has 0 saturated heterocycles. The van der Waals surface area contributed by atoms with Crippen molar-refractivity contribution in [3.63, 3.8) is 0 Å². The summed E-state index contributed by atoms with van der Waals surface area (Å²) in [5, 5.41) is 0. The van der Waals surface area contributed by atoms with Gasteiger partial charge in [0.05, 0.1) is 0 Å². The fourth-order valence-corrected chi connectivity index (χ4v) is 0.514. The molecule has 1 amide bonds. The molecule has 0 bridgehead atoms. The summed E-state index contributed by atoms with van der Waals surface area (Å²) in [4.78, 5) is 10.0. The minimum atomic E-state index is -5.21. The number of hydrogen-bond acceptors (Lipinski definition) is 1. The highest BCUT2D eigenvalue weighted by Gasteiger charge is 2.59. The van der Waals surface area contributed by atoms with E-state index in [0.29, 0.717) is 0 Å². The highest BCUT2D eigenvalue weighted by Crippen LogP contribution is 2.36. The monoisotopic (exact) mass is 173 g/mol. The van der Waals surface area contributed by atoms with Crippen molar-refractivity contribution in [1.82, 2.24) is 0 Å². The van der Waals surface area contributed by atoms with E-state index in [1.165, 1.54) is 0 Å². The van der Waals surface area contributed by atoms with Crippen LogP contribution in [0.4, 0.5) is 17.6 Å². The first-order valence-corrected chi connectivity index (χ1v) is 2.81. The summed E-state index contributed by atoms with van der Waals surface area (Å²) >= 11 is 0. The van der Waals surface area contributed by atoms with Gasteiger partial charge in [-0.1, -0.05) is 6.92 Å². The van der Waals surface area contributed by atoms with Gasteiger partial charge in [-0.15, -0.1) is 0 Å². The molecule has 0 aromatic rings. The topological polar surface area (TPSA) is 43.1 Å². The quantitative estimate of drug-likeness (QED) is 0.625. The summed E-state index contributed by atoms with van der Waals surface area (Å²) < 4.78 is 47.6. The molecule has 2 N–H and O–H groups in total. The van der Waals surface area contributed by atoms with E-state index in [2.05, 4.69) is 5.73 Å². The smallest absolute Gasteiger partial charge is 0.367 e. The van der Waals surface area contributed by atoms with Crippen LogP contribution in [0.15, 0.2) is 0 Å². The third kappa shape index (κ3) is 1.61. The van der Waals surface area contributed by atoms with Crippen molar-refractivity contribution in [1.29, 1.82) is 0 Å². The average molecular weight is 173 g/mol. The molecular weight excluding hydrogens is 166 g/mol. The number of rotatable bonds is 2. The summed E-state index contributed by atoms with van der Waals surface area (Å²) in [7, 11) is 0. The third-order valence-corrected chi connectivity index (χ3v) is 1.33. The zero-order valence-corrected chi connectivity index (χ0v) is 5.70. The molecule has 0 fully saturated rings. The molecule has 0 aromatic carbocycles. The van der Waals surface area contributed by atoms with Crippen molar-refractivity contribution in [2.45, 2.75) is 25.2 Å². The predicted molar refractivity (Wildman–Crippen MR) is 29.4 cm³/mol. The maximum Gasteiger partial charge on any atom is 0.431 e. The summed E-state index contributed by atoms with van der Waals surface area (Å²) in [6.45, 7) is 0.901. The molecule has 1 unspecified atom stereocenters. The van der Waals surface area contributed by atoms with Crippen LogP contribution in [0.1, 0.15) is 13.3 Å². The van der Waals surface area contributed by atoms with Crippen molar-refractivity contribution in [2.24, 2.45) is 5.73 Å². The third-order valence-electron chi connectivity index (χ3n) is 1.33. The number of halogens is 4. The maximum atomic E-state index is 12.6. The molecule has 6 heteroatoms. The largest absolute Gasteiger partial charge is 0.431 e. The minimum absolute atomic E-state index is 0.901. The zero-order chi connectivity index (χ0) is 9.28. The summed E-state index contributed by atoms with van der Waals surface area (Å²) in [5.74, 6) is -1.99. The number of nitrogens with two attached hydrogens (primary N) is 1. The highest BCUT2D eigenvalue weighted by atomic mass is 19.4. The molecule has 0 radical (unpaired) electrons. The van der Waals surface area contributed by atoms with Crippen LogP contribution in [0, 0.1) is 0 Å². The Labute approximate surface area is 60.4 Å². The number of alkyl halides is 4. The van der Waals surface area contributed by atoms with Crippen LogP contribution < -0.4 is 5.73 Å². The molecular formula is C5H7F4NO. The number of carbonyl (C=O) groups is 1. The molecule has 0 aromatic heterocycles. The number of amides is 1. The number of carbonyl (C=O) groups excluding carboxylic acids is 1. The standard InChI is InChI=1S/C5H7F4NO/c1-2-4(6,3(10)11)5(7,8)9/h2H2,1H3,(H2,10,11). The van der Waals surface area contributed by atoms with Crippen LogP contribution in [-0.4, -0.2) is 17.8 Å². The van der Waals surface area contributed by atoms with Crippen molar-refractivity contribution in [3.05, 3.63) is 0 Å². The normalized spacial score (nSPS) is 17.5. The second kappa shape index (κ2) is 2.67. The van der Waals surface area contributed by atoms with Crippen molar-refractivity contribution < 1.29 is 22.4 Å². The SMILES string of the molecule is CCC(F)(C(N)=O)C(F)(F)F. The van der Waals surface area contributed by atoms with Gasteiger partial charge >= 0.3 is 6.18 Å². The first-order chi connectivity index (χ1) is 4.75. The minimum Gasteiger partial charge on any atom is -0.367 e. The van der Waals surface area contributed by atoms with Crippen molar-refractivity contribution in [3.8, 4) is 0 Å². The lowest BCUT2D eigenvalue weighted by Crippen LogP contribution is -2.51. The van der Waals surface area contributed by atoms with Crippen LogP contribution >= 0.6 is 0 Å². The van der Waals surface area contributed by atoms with E-state index in [0.717, 1.165) is 6.92 Å². The molecule has 0 aliphatic carbocycles. The maximum absolute atomic E-state index is 12.6. The Balaban J connectivity index is 4.75. The van der Waals surface area contributed by atoms with Crippen molar-refractivity contribution >= 4 is 5.91 Å². The van der Waals surface area contributed by atoms with Gasteiger partial charge in [0.15, 0.2) is 0 Å². The molecule has 0 heterocycles. The van der Waals surface area contributed by atoms with Gasteiger partial charge in [0.1, 0.15) is 0 Å². The lowest BCUT2D eigenvalue weighted by molar-refractivity contribution is -0.225. The Morgan fingerprint density at radius 1 is 1.36 bits per heavy atom. The molecule has 11 heavy (non-hydrogen) atoms. The summed E-state index contributed by atoms with van der Waals surface area (Å²) in [6, 6.07) is 0. The Hall–Kier alpha value is -0.810. The molecule has 0 aliphatic heterocycles. The Bertz CT molecular complexity index is 166. The van der Waals surface area contributed by atoms with E-state index < -0.39 is 24.2 Å². The van der Waals surface area contributed by atoms with Crippen LogP contribution in [0.2, 0.25) is 0 Å². The van der Waals surface area contributed by atoms with Gasteiger partial charge < -0.3 is 5.73 Å². The molecule has 0 saturated carbocycles. The molecule has 2 nitrogen and oxygen atoms in total. The van der Waals surface area contributed by atoms with E-state index in [1.54, 1.807) is 0 Å². The Morgan fingerprint density at radius 2 is 1.73 bits per heavy atom. The van der Waals surface area contributed by atoms with Crippen LogP contribution in [0.5, 0.6) is 0 Å². The number of primary amides is 1. The van der Waals surface area contributed by atoms with Gasteiger partial charge in [0.2, 0.25) is 0 Å². The molecule has 0 spiro atoms. The first kappa shape index (κ1) is 10.2. The van der Waals surface area contributed by atoms with E-state index in [-0.39, 0.29) is 0 Å². The second-order valence-electron chi connectivity index (χ2n) is 2.02. The van der Waals surface area contributed by atoms with Gasteiger partial charge in [-0.25, -0.2) is 4.39 Å². The van der Waals surface area contributed by atoms with Gasteiger partial charge in [-0.3, -0.25) is 4.79 Å². The highest BCUT2D eigenvalue weighted by molar-refractivity contribution is 5.84. The van der Waals surface area contributed by atoms with E-state index in [1.807, 2.05) is 0 Å². The summed E-state index contributed by atoms with van der Waals surface area (Å²) in [5.41, 5.74) is 0.352. The van der Waals surface area contributed by atoms with Gasteiger partial charge in [0.25, 0.3) is 11.6 Å². The zero-order valence-electron chi connectivity index (χ0n) is 5.70. The lowest BCUT2D eigenvalue weighted by Gasteiger charge is -2.22. The second-order valence-corrected chi connectivity index (χ2v) is 2.02. The van der Waals surface area contributed by atoms with Gasteiger partial charge in [-0.05, 0) is 6.42 Å². The predicted octanol–water partition coefficient (Wildman–Crippen LogP) is 1.15. The van der Waals surface area contributed by atoms with E-state index in [4.69, 9.17) is 0 Å². The molecule has 66 valence electrons. The van der Waals surface area contributed by atoms with Crippen LogP contribution in [0.3, 0.4) is 0 Å². The Kier molecular flexibility index (Phi) is 2.47. The number of hydrogen-bond donors (Lipinski definition) is 1. The van der Waals surface area contributed by atoms with Gasteiger partial charge in [0, 0.05) is 0 Å². The van der Waals surface area contributed by atoms with Crippen molar-refractivity contribution in [2.75, 3.05) is 0 Å². The lowest BCUT2D eigenvalue weighted by atomic mass is 10.0. The molecule has 0 rings (SSSR count). The first-order valence-electron chi connectivity index (χ1n) is 2.81. The molecule has 0 aliphatic rings.